The van der Waals surface area contributed by atoms with E-state index in [2.05, 4.69) is 0 Å². The number of carbonyl (C=O) groups is 2. The number of hydrogen-bond donors (Lipinski definition) is 1. The lowest BCUT2D eigenvalue weighted by Gasteiger charge is -2.30. The number of hydrogen-bond acceptors (Lipinski definition) is 3. The van der Waals surface area contributed by atoms with Gasteiger partial charge in [0.25, 0.3) is 0 Å². The first-order valence-corrected chi connectivity index (χ1v) is 7.76. The Morgan fingerprint density at radius 3 is 2.29 bits per heavy atom. The predicted octanol–water partition coefficient (Wildman–Crippen LogP) is 2.92. The molecule has 1 saturated carbocycles. The molecule has 0 bridgehead atoms. The van der Waals surface area contributed by atoms with Gasteiger partial charge in [-0.2, -0.15) is 0 Å². The van der Waals surface area contributed by atoms with Crippen molar-refractivity contribution >= 4 is 17.5 Å². The molecule has 1 aromatic carbocycles. The molecule has 4 heteroatoms. The van der Waals surface area contributed by atoms with Gasteiger partial charge in [-0.05, 0) is 37.5 Å². The number of rotatable bonds is 2. The van der Waals surface area contributed by atoms with Crippen LogP contribution in [0, 0.1) is 5.41 Å². The van der Waals surface area contributed by atoms with Gasteiger partial charge >= 0.3 is 0 Å². The molecule has 1 spiro atoms. The van der Waals surface area contributed by atoms with Crippen LogP contribution < -0.4 is 10.6 Å². The number of nitrogens with two attached hydrogens (primary N) is 1. The van der Waals surface area contributed by atoms with Gasteiger partial charge in [-0.25, -0.2) is 0 Å². The van der Waals surface area contributed by atoms with Crippen molar-refractivity contribution in [2.24, 2.45) is 11.1 Å². The zero-order valence-corrected chi connectivity index (χ0v) is 12.5. The summed E-state index contributed by atoms with van der Waals surface area (Å²) < 4.78 is 0. The molecule has 2 amide bonds. The summed E-state index contributed by atoms with van der Waals surface area (Å²) >= 11 is 0. The van der Waals surface area contributed by atoms with Gasteiger partial charge in [0.2, 0.25) is 11.8 Å². The van der Waals surface area contributed by atoms with E-state index in [1.54, 1.807) is 0 Å². The van der Waals surface area contributed by atoms with Crippen LogP contribution in [0.4, 0.5) is 5.69 Å². The molecule has 2 aliphatic rings. The molecule has 3 rings (SSSR count). The first-order valence-electron chi connectivity index (χ1n) is 7.76. The van der Waals surface area contributed by atoms with Gasteiger partial charge in [0.15, 0.2) is 0 Å². The minimum absolute atomic E-state index is 0.000692. The Labute approximate surface area is 125 Å². The van der Waals surface area contributed by atoms with Crippen LogP contribution in [0.3, 0.4) is 0 Å². The minimum atomic E-state index is -0.421. The van der Waals surface area contributed by atoms with E-state index in [1.165, 1.54) is 11.3 Å². The molecule has 2 fully saturated rings. The standard InChI is InChI=1S/C17H22N2O2/c1-12(18)13-5-7-14(8-6-13)19-15(20)11-17(16(19)21)9-3-2-4-10-17/h5-8,12H,2-4,9-11,18H2,1H3. The third kappa shape index (κ3) is 2.38. The van der Waals surface area contributed by atoms with Gasteiger partial charge in [0, 0.05) is 12.5 Å². The Balaban J connectivity index is 1.88. The Kier molecular flexibility index (Phi) is 3.57. The van der Waals surface area contributed by atoms with Crippen LogP contribution in [0.25, 0.3) is 0 Å². The van der Waals surface area contributed by atoms with E-state index in [9.17, 15) is 9.59 Å². The third-order valence-electron chi connectivity index (χ3n) is 4.88. The van der Waals surface area contributed by atoms with Crippen molar-refractivity contribution in [3.8, 4) is 0 Å². The summed E-state index contributed by atoms with van der Waals surface area (Å²) in [6.45, 7) is 1.91. The molecule has 1 unspecified atom stereocenters. The van der Waals surface area contributed by atoms with E-state index in [-0.39, 0.29) is 17.9 Å². The monoisotopic (exact) mass is 286 g/mol. The minimum Gasteiger partial charge on any atom is -0.324 e. The normalized spacial score (nSPS) is 22.9. The van der Waals surface area contributed by atoms with Crippen LogP contribution in [0.5, 0.6) is 0 Å². The molecule has 4 nitrogen and oxygen atoms in total. The van der Waals surface area contributed by atoms with Crippen LogP contribution in [0.1, 0.15) is 57.1 Å². The zero-order valence-electron chi connectivity index (χ0n) is 12.5. The van der Waals surface area contributed by atoms with Crippen LogP contribution in [-0.4, -0.2) is 11.8 Å². The second-order valence-corrected chi connectivity index (χ2v) is 6.43. The van der Waals surface area contributed by atoms with E-state index < -0.39 is 5.41 Å². The zero-order chi connectivity index (χ0) is 15.0. The molecule has 0 radical (unpaired) electrons. The predicted molar refractivity (Wildman–Crippen MR) is 81.7 cm³/mol. The molecule has 21 heavy (non-hydrogen) atoms. The van der Waals surface area contributed by atoms with Crippen molar-refractivity contribution in [3.63, 3.8) is 0 Å². The lowest BCUT2D eigenvalue weighted by atomic mass is 9.73. The molecule has 1 atom stereocenters. The van der Waals surface area contributed by atoms with Crippen molar-refractivity contribution in [2.45, 2.75) is 51.5 Å². The molecule has 112 valence electrons. The Bertz CT molecular complexity index is 557. The molecule has 1 aromatic rings. The maximum Gasteiger partial charge on any atom is 0.240 e. The number of carbonyl (C=O) groups excluding carboxylic acids is 2. The van der Waals surface area contributed by atoms with E-state index in [4.69, 9.17) is 5.73 Å². The van der Waals surface area contributed by atoms with E-state index in [0.717, 1.165) is 31.2 Å². The summed E-state index contributed by atoms with van der Waals surface area (Å²) in [7, 11) is 0. The average molecular weight is 286 g/mol. The van der Waals surface area contributed by atoms with Gasteiger partial charge in [0.05, 0.1) is 11.1 Å². The van der Waals surface area contributed by atoms with Gasteiger partial charge < -0.3 is 5.73 Å². The number of anilines is 1. The Morgan fingerprint density at radius 1 is 1.10 bits per heavy atom. The van der Waals surface area contributed by atoms with Crippen molar-refractivity contribution < 1.29 is 9.59 Å². The molecule has 1 aliphatic carbocycles. The first kappa shape index (κ1) is 14.3. The topological polar surface area (TPSA) is 63.4 Å². The highest BCUT2D eigenvalue weighted by Gasteiger charge is 2.51. The number of amides is 2. The van der Waals surface area contributed by atoms with Crippen molar-refractivity contribution in [3.05, 3.63) is 29.8 Å². The Morgan fingerprint density at radius 2 is 1.71 bits per heavy atom. The SMILES string of the molecule is CC(N)c1ccc(N2C(=O)CC3(CCCCC3)C2=O)cc1. The van der Waals surface area contributed by atoms with Crippen molar-refractivity contribution in [2.75, 3.05) is 4.90 Å². The second-order valence-electron chi connectivity index (χ2n) is 6.43. The molecular formula is C17H22N2O2. The van der Waals surface area contributed by atoms with E-state index >= 15 is 0 Å². The molecule has 1 saturated heterocycles. The lowest BCUT2D eigenvalue weighted by molar-refractivity contribution is -0.127. The Hall–Kier alpha value is -1.68. The number of nitrogens with zero attached hydrogens (tertiary/aromatic N) is 1. The quantitative estimate of drug-likeness (QED) is 0.850. The highest BCUT2D eigenvalue weighted by atomic mass is 16.2. The van der Waals surface area contributed by atoms with Gasteiger partial charge in [0.1, 0.15) is 0 Å². The molecule has 2 N–H and O–H groups in total. The fourth-order valence-electron chi connectivity index (χ4n) is 3.60. The van der Waals surface area contributed by atoms with Crippen molar-refractivity contribution in [1.82, 2.24) is 0 Å². The fourth-order valence-corrected chi connectivity index (χ4v) is 3.60. The summed E-state index contributed by atoms with van der Waals surface area (Å²) in [5.41, 5.74) is 7.10. The maximum atomic E-state index is 12.8. The summed E-state index contributed by atoms with van der Waals surface area (Å²) in [5.74, 6) is -0.0591. The smallest absolute Gasteiger partial charge is 0.240 e. The van der Waals surface area contributed by atoms with Crippen LogP contribution >= 0.6 is 0 Å². The summed E-state index contributed by atoms with van der Waals surface area (Å²) in [4.78, 5) is 26.5. The largest absolute Gasteiger partial charge is 0.324 e. The number of imide groups is 1. The highest BCUT2D eigenvalue weighted by Crippen LogP contribution is 2.46. The summed E-state index contributed by atoms with van der Waals surface area (Å²) in [5, 5.41) is 0. The van der Waals surface area contributed by atoms with Crippen molar-refractivity contribution in [1.29, 1.82) is 0 Å². The van der Waals surface area contributed by atoms with Crippen LogP contribution in [0.15, 0.2) is 24.3 Å². The molecular weight excluding hydrogens is 264 g/mol. The average Bonchev–Trinajstić information content (AvgIpc) is 2.71. The first-order chi connectivity index (χ1) is 10.0. The molecule has 1 aliphatic heterocycles. The lowest BCUT2D eigenvalue weighted by Crippen LogP contribution is -2.36. The maximum absolute atomic E-state index is 12.8. The highest BCUT2D eigenvalue weighted by molar-refractivity contribution is 6.22. The second kappa shape index (κ2) is 5.26. The molecule has 1 heterocycles. The fraction of sp³-hybridized carbons (Fsp3) is 0.529. The van der Waals surface area contributed by atoms with E-state index in [1.807, 2.05) is 31.2 Å². The van der Waals surface area contributed by atoms with Crippen LogP contribution in [-0.2, 0) is 9.59 Å². The third-order valence-corrected chi connectivity index (χ3v) is 4.88. The number of benzene rings is 1. The molecule has 0 aromatic heterocycles. The van der Waals surface area contributed by atoms with Gasteiger partial charge in [-0.3, -0.25) is 14.5 Å². The van der Waals surface area contributed by atoms with Gasteiger partial charge in [-0.1, -0.05) is 31.4 Å². The van der Waals surface area contributed by atoms with E-state index in [0.29, 0.717) is 12.1 Å². The van der Waals surface area contributed by atoms with Crippen LogP contribution in [0.2, 0.25) is 0 Å². The van der Waals surface area contributed by atoms with Gasteiger partial charge in [-0.15, -0.1) is 0 Å². The summed E-state index contributed by atoms with van der Waals surface area (Å²) in [6, 6.07) is 7.40. The summed E-state index contributed by atoms with van der Waals surface area (Å²) in [6.07, 6.45) is 5.36.